The van der Waals surface area contributed by atoms with Gasteiger partial charge in [-0.05, 0) is 48.0 Å². The molecule has 4 rings (SSSR count). The highest BCUT2D eigenvalue weighted by molar-refractivity contribution is 6.44. The summed E-state index contributed by atoms with van der Waals surface area (Å²) in [5, 5.41) is 26.4. The summed E-state index contributed by atoms with van der Waals surface area (Å²) in [6, 6.07) is 13.0. The number of nitrogens with one attached hydrogen (secondary N) is 2. The van der Waals surface area contributed by atoms with Gasteiger partial charge in [0.1, 0.15) is 21.4 Å². The van der Waals surface area contributed by atoms with Crippen molar-refractivity contribution in [1.29, 1.82) is 0 Å². The van der Waals surface area contributed by atoms with Crippen molar-refractivity contribution in [3.8, 4) is 11.5 Å². The predicted octanol–water partition coefficient (Wildman–Crippen LogP) is 9.75. The second-order valence-electron chi connectivity index (χ2n) is 8.85. The van der Waals surface area contributed by atoms with Crippen LogP contribution in [0.25, 0.3) is 0 Å². The van der Waals surface area contributed by atoms with Crippen molar-refractivity contribution in [2.24, 2.45) is 0 Å². The Morgan fingerprint density at radius 2 is 1.20 bits per heavy atom. The molecule has 0 saturated carbocycles. The Labute approximate surface area is 273 Å². The quantitative estimate of drug-likeness (QED) is 0.155. The largest absolute Gasteiger partial charge is 0.504 e. The number of phenolic OH excluding ortho intramolecular Hbond substituents is 2. The lowest BCUT2D eigenvalue weighted by atomic mass is 10.2. The van der Waals surface area contributed by atoms with Crippen LogP contribution >= 0.6 is 58.0 Å². The minimum absolute atomic E-state index is 0.0828. The van der Waals surface area contributed by atoms with Crippen LogP contribution in [0, 0.1) is 0 Å². The van der Waals surface area contributed by atoms with Crippen LogP contribution in [0.2, 0.25) is 25.1 Å². The van der Waals surface area contributed by atoms with Crippen LogP contribution in [0.3, 0.4) is 0 Å². The minimum atomic E-state index is -4.79. The highest BCUT2D eigenvalue weighted by Crippen LogP contribution is 2.44. The molecule has 4 amide bonds. The topological polar surface area (TPSA) is 105 Å². The van der Waals surface area contributed by atoms with Crippen LogP contribution in [-0.4, -0.2) is 22.3 Å². The first-order valence-corrected chi connectivity index (χ1v) is 14.0. The summed E-state index contributed by atoms with van der Waals surface area (Å²) in [7, 11) is 0. The van der Waals surface area contributed by atoms with Gasteiger partial charge in [0.05, 0.1) is 26.3 Å². The predicted molar refractivity (Wildman–Crippen MR) is 165 cm³/mol. The maximum absolute atomic E-state index is 14.0. The Morgan fingerprint density at radius 1 is 0.705 bits per heavy atom. The second-order valence-corrected chi connectivity index (χ2v) is 10.8. The zero-order valence-electron chi connectivity index (χ0n) is 21.8. The zero-order valence-corrected chi connectivity index (χ0v) is 25.5. The average molecular weight is 709 g/mol. The number of amides is 4. The van der Waals surface area contributed by atoms with Crippen LogP contribution in [0.1, 0.15) is 11.1 Å². The van der Waals surface area contributed by atoms with Crippen molar-refractivity contribution in [3.63, 3.8) is 0 Å². The molecule has 0 heterocycles. The number of carbonyl (C=O) groups excluding carboxylic acids is 2. The third-order valence-corrected chi connectivity index (χ3v) is 7.88. The van der Waals surface area contributed by atoms with Crippen molar-refractivity contribution in [1.82, 2.24) is 5.32 Å². The summed E-state index contributed by atoms with van der Waals surface area (Å²) in [5.41, 5.74) is -1.91. The Balaban J connectivity index is 1.90. The monoisotopic (exact) mass is 706 g/mol. The van der Waals surface area contributed by atoms with Gasteiger partial charge in [-0.1, -0.05) is 88.3 Å². The standard InChI is InChI=1S/C28H18Cl5F3N4O4/c29-16-7-6-15(28(34,35)36)12-19(16)38-27(44)40(21-11-9-18(31)23(33)25(21)42)39(20-10-8-17(30)22(32)24(20)41)26(43)37-13-14-4-2-1-3-5-14/h1-12,41-42H,13H2,(H,37,43)(H,38,44). The second kappa shape index (κ2) is 13.5. The fraction of sp³-hybridized carbons (Fsp3) is 0.0714. The highest BCUT2D eigenvalue weighted by atomic mass is 35.5. The fourth-order valence-corrected chi connectivity index (χ4v) is 4.62. The van der Waals surface area contributed by atoms with Gasteiger partial charge in [0.2, 0.25) is 0 Å². The summed E-state index contributed by atoms with van der Waals surface area (Å²) in [6.45, 7) is -0.0828. The van der Waals surface area contributed by atoms with E-state index in [0.29, 0.717) is 27.7 Å². The van der Waals surface area contributed by atoms with E-state index >= 15 is 0 Å². The van der Waals surface area contributed by atoms with E-state index in [1.807, 2.05) is 0 Å². The van der Waals surface area contributed by atoms with E-state index in [1.165, 1.54) is 12.1 Å². The molecular weight excluding hydrogens is 691 g/mol. The number of urea groups is 2. The number of benzene rings is 4. The van der Waals surface area contributed by atoms with Crippen LogP contribution < -0.4 is 20.7 Å². The summed E-state index contributed by atoms with van der Waals surface area (Å²) in [5.74, 6) is -1.56. The lowest BCUT2D eigenvalue weighted by Gasteiger charge is -2.35. The third-order valence-electron chi connectivity index (χ3n) is 5.96. The summed E-state index contributed by atoms with van der Waals surface area (Å²) in [6.07, 6.45) is -4.79. The Hall–Kier alpha value is -3.74. The normalized spacial score (nSPS) is 11.2. The van der Waals surface area contributed by atoms with Gasteiger partial charge in [0, 0.05) is 6.54 Å². The molecule has 230 valence electrons. The number of rotatable bonds is 5. The first kappa shape index (κ1) is 33.2. The summed E-state index contributed by atoms with van der Waals surface area (Å²) in [4.78, 5) is 27.8. The van der Waals surface area contributed by atoms with E-state index in [-0.39, 0.29) is 21.6 Å². The van der Waals surface area contributed by atoms with Gasteiger partial charge in [-0.2, -0.15) is 23.2 Å². The fourth-order valence-electron chi connectivity index (χ4n) is 3.83. The van der Waals surface area contributed by atoms with Crippen LogP contribution in [0.5, 0.6) is 11.5 Å². The third kappa shape index (κ3) is 7.14. The molecule has 0 radical (unpaired) electrons. The summed E-state index contributed by atoms with van der Waals surface area (Å²) < 4.78 is 40.4. The zero-order chi connectivity index (χ0) is 32.3. The van der Waals surface area contributed by atoms with E-state index < -0.39 is 62.4 Å². The first-order chi connectivity index (χ1) is 20.7. The van der Waals surface area contributed by atoms with Crippen molar-refractivity contribution >= 4 is 87.1 Å². The number of carbonyl (C=O) groups is 2. The molecule has 8 nitrogen and oxygen atoms in total. The van der Waals surface area contributed by atoms with Crippen molar-refractivity contribution in [2.75, 3.05) is 15.3 Å². The molecule has 0 aliphatic rings. The van der Waals surface area contributed by atoms with Gasteiger partial charge in [0.15, 0.2) is 11.5 Å². The van der Waals surface area contributed by atoms with E-state index in [4.69, 9.17) is 58.0 Å². The van der Waals surface area contributed by atoms with Crippen LogP contribution in [0.4, 0.5) is 39.8 Å². The smallest absolute Gasteiger partial charge is 0.416 e. The number of halogens is 8. The van der Waals surface area contributed by atoms with E-state index in [9.17, 15) is 33.0 Å². The molecule has 0 aliphatic heterocycles. The lowest BCUT2D eigenvalue weighted by Crippen LogP contribution is -2.55. The number of alkyl halides is 3. The van der Waals surface area contributed by atoms with Gasteiger partial charge in [-0.3, -0.25) is 0 Å². The van der Waals surface area contributed by atoms with Crippen LogP contribution in [-0.2, 0) is 12.7 Å². The number of aromatic hydroxyl groups is 2. The molecule has 0 saturated heterocycles. The van der Waals surface area contributed by atoms with E-state index in [0.717, 1.165) is 18.2 Å². The molecule has 0 fully saturated rings. The maximum Gasteiger partial charge on any atom is 0.416 e. The van der Waals surface area contributed by atoms with Gasteiger partial charge >= 0.3 is 18.2 Å². The number of hydrazine groups is 1. The Morgan fingerprint density at radius 3 is 1.73 bits per heavy atom. The first-order valence-electron chi connectivity index (χ1n) is 12.1. The highest BCUT2D eigenvalue weighted by Gasteiger charge is 2.36. The SMILES string of the molecule is O=C(NCc1ccccc1)N(c1ccc(Cl)c(Cl)c1O)N(C(=O)Nc1cc(C(F)(F)F)ccc1Cl)c1ccc(Cl)c(Cl)c1O. The maximum atomic E-state index is 14.0. The summed E-state index contributed by atoms with van der Waals surface area (Å²) >= 11 is 30.4. The van der Waals surface area contributed by atoms with Crippen LogP contribution in [0.15, 0.2) is 72.8 Å². The van der Waals surface area contributed by atoms with Gasteiger partial charge in [0.25, 0.3) is 0 Å². The van der Waals surface area contributed by atoms with Gasteiger partial charge in [-0.15, -0.1) is 0 Å². The minimum Gasteiger partial charge on any atom is -0.504 e. The van der Waals surface area contributed by atoms with E-state index in [2.05, 4.69) is 10.6 Å². The van der Waals surface area contributed by atoms with Crippen molar-refractivity contribution in [2.45, 2.75) is 12.7 Å². The molecule has 4 aromatic carbocycles. The van der Waals surface area contributed by atoms with Crippen molar-refractivity contribution < 1.29 is 33.0 Å². The van der Waals surface area contributed by atoms with E-state index in [1.54, 1.807) is 30.3 Å². The molecule has 16 heteroatoms. The molecule has 0 aliphatic carbocycles. The number of anilines is 3. The Kier molecular flexibility index (Phi) is 10.2. The molecule has 0 atom stereocenters. The van der Waals surface area contributed by atoms with Crippen molar-refractivity contribution in [3.05, 3.63) is 109 Å². The number of hydrogen-bond donors (Lipinski definition) is 4. The molecule has 0 bridgehead atoms. The molecule has 4 aromatic rings. The molecule has 0 unspecified atom stereocenters. The van der Waals surface area contributed by atoms with Gasteiger partial charge < -0.3 is 20.8 Å². The molecule has 44 heavy (non-hydrogen) atoms. The number of hydrogen-bond acceptors (Lipinski definition) is 4. The number of phenols is 2. The number of nitrogens with zero attached hydrogens (tertiary/aromatic N) is 2. The molecule has 4 N–H and O–H groups in total. The Bertz CT molecular complexity index is 1730. The lowest BCUT2D eigenvalue weighted by molar-refractivity contribution is -0.137. The van der Waals surface area contributed by atoms with Gasteiger partial charge in [-0.25, -0.2) is 9.59 Å². The molecular formula is C28H18Cl5F3N4O4. The molecule has 0 aromatic heterocycles. The average Bonchev–Trinajstić information content (AvgIpc) is 2.98. The molecule has 0 spiro atoms.